The SMILES string of the molecule is [N-]=[N+]=N[N+]=[N+]=[N-]. The highest BCUT2D eigenvalue weighted by Gasteiger charge is 1.82. The maximum absolute atomic E-state index is 7.39. The summed E-state index contributed by atoms with van der Waals surface area (Å²) in [5, 5.41) is 4.96. The molecule has 0 bridgehead atoms. The molecule has 0 atom stereocenters. The average Bonchev–Trinajstić information content (AvgIpc) is 1.61. The molecular formula is N6+. The van der Waals surface area contributed by atoms with Crippen molar-refractivity contribution in [3.8, 4) is 0 Å². The molecule has 29 valence electrons. The molecule has 0 saturated heterocycles. The third kappa shape index (κ3) is 2.62. The van der Waals surface area contributed by atoms with Crippen molar-refractivity contribution in [2.75, 3.05) is 0 Å². The Kier molecular flexibility index (Phi) is 2.79. The minimum atomic E-state index is 2.13. The quantitative estimate of drug-likeness (QED) is 0.195. The fraction of sp³-hybridized carbons (Fsp3) is 0. The van der Waals surface area contributed by atoms with Crippen LogP contribution in [0.25, 0.3) is 20.9 Å². The van der Waals surface area contributed by atoms with Crippen LogP contribution in [0.5, 0.6) is 0 Å². The van der Waals surface area contributed by atoms with E-state index in [1.165, 1.54) is 0 Å². The van der Waals surface area contributed by atoms with Crippen molar-refractivity contribution >= 4 is 0 Å². The Morgan fingerprint density at radius 1 is 1.33 bits per heavy atom. The number of rotatable bonds is 1. The predicted octanol–water partition coefficient (Wildman–Crippen LogP) is 0.858. The zero-order valence-corrected chi connectivity index (χ0v) is 2.68. The van der Waals surface area contributed by atoms with E-state index in [0.717, 1.165) is 0 Å². The summed E-state index contributed by atoms with van der Waals surface area (Å²) in [6.45, 7) is 0. The molecule has 0 aliphatic heterocycles. The maximum Gasteiger partial charge on any atom is 0.516 e. The van der Waals surface area contributed by atoms with Gasteiger partial charge in [0.05, 0.1) is 4.91 Å². The Hall–Kier alpha value is -1.38. The predicted molar refractivity (Wildman–Crippen MR) is 18.0 cm³/mol. The zero-order chi connectivity index (χ0) is 4.83. The first kappa shape index (κ1) is 4.62. The van der Waals surface area contributed by atoms with Crippen LogP contribution in [0.4, 0.5) is 0 Å². The molecule has 6 nitrogen and oxygen atoms in total. The molecule has 6 heteroatoms. The van der Waals surface area contributed by atoms with E-state index in [9.17, 15) is 0 Å². The van der Waals surface area contributed by atoms with Crippen molar-refractivity contribution in [2.45, 2.75) is 0 Å². The van der Waals surface area contributed by atoms with Crippen molar-refractivity contribution in [3.05, 3.63) is 20.9 Å². The second-order valence-electron chi connectivity index (χ2n) is 0.358. The molecular weight excluding hydrogens is 84.0 g/mol. The minimum Gasteiger partial charge on any atom is 0.0482 e. The second-order valence-corrected chi connectivity index (χ2v) is 0.358. The van der Waals surface area contributed by atoms with Crippen LogP contribution in [0, 0.1) is 0 Å². The lowest BCUT2D eigenvalue weighted by molar-refractivity contribution is 1.03. The van der Waals surface area contributed by atoms with Gasteiger partial charge in [-0.3, -0.25) is 0 Å². The average molecular weight is 84.0 g/mol. The summed E-state index contributed by atoms with van der Waals surface area (Å²) >= 11 is 0. The van der Waals surface area contributed by atoms with Gasteiger partial charge in [0, 0.05) is 5.53 Å². The smallest absolute Gasteiger partial charge is 0.0482 e. The van der Waals surface area contributed by atoms with Crippen molar-refractivity contribution in [3.63, 3.8) is 0 Å². The van der Waals surface area contributed by atoms with Crippen molar-refractivity contribution in [1.82, 2.24) is 5.22 Å². The first-order chi connectivity index (χ1) is 2.91. The monoisotopic (exact) mass is 84.0 g/mol. The van der Waals surface area contributed by atoms with Crippen molar-refractivity contribution < 1.29 is 0 Å². The summed E-state index contributed by atoms with van der Waals surface area (Å²) in [6, 6.07) is 0. The van der Waals surface area contributed by atoms with Crippen LogP contribution in [-0.2, 0) is 0 Å². The molecule has 0 aliphatic carbocycles. The van der Waals surface area contributed by atoms with E-state index in [1.54, 1.807) is 0 Å². The summed E-state index contributed by atoms with van der Waals surface area (Å²) in [4.78, 5) is 4.26. The van der Waals surface area contributed by atoms with E-state index < -0.39 is 0 Å². The standard InChI is InChI=1S/N6/c1-3-5-6-4-2/q+1. The van der Waals surface area contributed by atoms with E-state index in [0.29, 0.717) is 0 Å². The minimum absolute atomic E-state index is 2.13. The van der Waals surface area contributed by atoms with Crippen LogP contribution >= 0.6 is 0 Å². The highest BCUT2D eigenvalue weighted by molar-refractivity contribution is 4.35. The molecule has 0 amide bonds. The Morgan fingerprint density at radius 3 is 2.17 bits per heavy atom. The zero-order valence-electron chi connectivity index (χ0n) is 2.68. The van der Waals surface area contributed by atoms with E-state index in [1.807, 2.05) is 0 Å². The highest BCUT2D eigenvalue weighted by Crippen LogP contribution is 1.52. The lowest BCUT2D eigenvalue weighted by Crippen LogP contribution is -1.53. The summed E-state index contributed by atoms with van der Waals surface area (Å²) in [6.07, 6.45) is 0. The molecule has 0 aromatic rings. The topological polar surface area (TPSA) is 99.3 Å². The van der Waals surface area contributed by atoms with E-state index in [2.05, 4.69) is 20.3 Å². The van der Waals surface area contributed by atoms with Crippen LogP contribution in [-0.4, -0.2) is 0 Å². The molecule has 0 aliphatic rings. The van der Waals surface area contributed by atoms with Gasteiger partial charge in [0.2, 0.25) is 5.53 Å². The van der Waals surface area contributed by atoms with Gasteiger partial charge in [-0.15, -0.1) is 0 Å². The van der Waals surface area contributed by atoms with Gasteiger partial charge in [-0.1, -0.05) is 0 Å². The molecule has 0 aromatic carbocycles. The number of hydrogen-bond donors (Lipinski definition) is 0. The fourth-order valence-corrected chi connectivity index (χ4v) is 0.0358. The van der Waals surface area contributed by atoms with Gasteiger partial charge in [0.15, 0.2) is 0 Å². The Bertz CT molecular complexity index is 92.0. The first-order valence-electron chi connectivity index (χ1n) is 1.000. The lowest BCUT2D eigenvalue weighted by atomic mass is 12.6. The van der Waals surface area contributed by atoms with E-state index in [4.69, 9.17) is 11.1 Å². The first-order valence-corrected chi connectivity index (χ1v) is 1.000. The van der Waals surface area contributed by atoms with Crippen molar-refractivity contribution in [1.29, 1.82) is 0 Å². The van der Waals surface area contributed by atoms with Gasteiger partial charge in [0.1, 0.15) is 0 Å². The number of hydrogen-bond acceptors (Lipinski definition) is 0. The van der Waals surface area contributed by atoms with Crippen LogP contribution in [0.15, 0.2) is 5.22 Å². The molecule has 0 aromatic heterocycles. The van der Waals surface area contributed by atoms with E-state index in [-0.39, 0.29) is 0 Å². The van der Waals surface area contributed by atoms with Crippen LogP contribution < -0.4 is 5.22 Å². The van der Waals surface area contributed by atoms with E-state index >= 15 is 0 Å². The second kappa shape index (κ2) is 3.62. The van der Waals surface area contributed by atoms with Gasteiger partial charge in [0.25, 0.3) is 4.91 Å². The Morgan fingerprint density at radius 2 is 2.00 bits per heavy atom. The molecule has 0 spiro atoms. The van der Waals surface area contributed by atoms with Crippen LogP contribution in [0.2, 0.25) is 0 Å². The number of nitrogens with zero attached hydrogens (tertiary/aromatic N) is 6. The van der Waals surface area contributed by atoms with Gasteiger partial charge in [-0.05, 0) is 0 Å². The molecule has 0 fully saturated rings. The molecule has 6 heavy (non-hydrogen) atoms. The molecule has 0 rings (SSSR count). The molecule has 0 unspecified atom stereocenters. The molecule has 0 saturated carbocycles. The summed E-state index contributed by atoms with van der Waals surface area (Å²) in [7, 11) is 0. The van der Waals surface area contributed by atoms with Crippen LogP contribution in [0.1, 0.15) is 0 Å². The lowest BCUT2D eigenvalue weighted by Gasteiger charge is -1.12. The fourth-order valence-electron chi connectivity index (χ4n) is 0.0358. The third-order valence-electron chi connectivity index (χ3n) is 0.120. The van der Waals surface area contributed by atoms with Gasteiger partial charge in [-0.2, -0.15) is 0 Å². The van der Waals surface area contributed by atoms with Crippen LogP contribution in [0.3, 0.4) is 0 Å². The summed E-state index contributed by atoms with van der Waals surface area (Å²) < 4.78 is 0. The summed E-state index contributed by atoms with van der Waals surface area (Å²) in [5.41, 5.74) is 14.8. The largest absolute Gasteiger partial charge is 0.516 e. The summed E-state index contributed by atoms with van der Waals surface area (Å²) in [5.74, 6) is 0. The molecule has 0 heterocycles. The Labute approximate surface area is 32.6 Å². The van der Waals surface area contributed by atoms with Crippen molar-refractivity contribution in [2.24, 2.45) is 5.22 Å². The van der Waals surface area contributed by atoms with Gasteiger partial charge in [-0.25, -0.2) is 0 Å². The normalized spacial score (nSPS) is 4.67. The molecule has 0 N–H and O–H groups in total. The Balaban J connectivity index is 3.64. The van der Waals surface area contributed by atoms with Gasteiger partial charge >= 0.3 is 10.4 Å². The maximum atomic E-state index is 7.39. The number of azide groups is 2. The van der Waals surface area contributed by atoms with Gasteiger partial charge < -0.3 is 0 Å². The highest BCUT2D eigenvalue weighted by atomic mass is 15.5. The third-order valence-corrected chi connectivity index (χ3v) is 0.120. The molecule has 1 radical (unpaired) electrons.